The van der Waals surface area contributed by atoms with Crippen molar-refractivity contribution < 1.29 is 31.2 Å². The summed E-state index contributed by atoms with van der Waals surface area (Å²) in [5.74, 6) is -1.33. The summed E-state index contributed by atoms with van der Waals surface area (Å²) in [5, 5.41) is 8.70. The number of amides is 2. The van der Waals surface area contributed by atoms with Crippen LogP contribution in [-0.2, 0) is 25.8 Å². The lowest BCUT2D eigenvalue weighted by Gasteiger charge is -2.09. The van der Waals surface area contributed by atoms with Crippen molar-refractivity contribution in [2.45, 2.75) is 37.8 Å². The highest BCUT2D eigenvalue weighted by Crippen LogP contribution is 2.33. The van der Waals surface area contributed by atoms with Gasteiger partial charge in [-0.15, -0.1) is 0 Å². The van der Waals surface area contributed by atoms with E-state index in [0.717, 1.165) is 16.3 Å². The summed E-state index contributed by atoms with van der Waals surface area (Å²) in [5.41, 5.74) is 10.8. The molecule has 0 aliphatic rings. The summed E-state index contributed by atoms with van der Waals surface area (Å²) >= 11 is 0. The first-order chi connectivity index (χ1) is 16.6. The lowest BCUT2D eigenvalue weighted by Crippen LogP contribution is -2.27. The van der Waals surface area contributed by atoms with Gasteiger partial charge in [0.2, 0.25) is 21.8 Å². The molecule has 3 aromatic rings. The first-order valence-electron chi connectivity index (χ1n) is 10.6. The van der Waals surface area contributed by atoms with Gasteiger partial charge in [0.25, 0.3) is 0 Å². The minimum Gasteiger partial charge on any atom is -0.370 e. The van der Waals surface area contributed by atoms with Gasteiger partial charge in [-0.05, 0) is 43.7 Å². The Morgan fingerprint density at radius 3 is 1.97 bits per heavy atom. The highest BCUT2D eigenvalue weighted by Gasteiger charge is 2.35. The topological polar surface area (TPSA) is 164 Å². The number of nitrogens with zero attached hydrogens (tertiary/aromatic N) is 2. The maximum absolute atomic E-state index is 13.1. The summed E-state index contributed by atoms with van der Waals surface area (Å²) in [7, 11) is -3.90. The molecule has 9 nitrogen and oxygen atoms in total. The third kappa shape index (κ3) is 7.65. The molecule has 1 aromatic heterocycles. The molecule has 6 N–H and O–H groups in total. The summed E-state index contributed by atoms with van der Waals surface area (Å²) in [4.78, 5) is 20.6. The van der Waals surface area contributed by atoms with E-state index in [9.17, 15) is 31.2 Å². The van der Waals surface area contributed by atoms with Crippen molar-refractivity contribution in [1.29, 1.82) is 0 Å². The van der Waals surface area contributed by atoms with Crippen molar-refractivity contribution in [2.24, 2.45) is 22.5 Å². The molecule has 0 saturated carbocycles. The number of benzene rings is 2. The second kappa shape index (κ2) is 11.4. The number of hydrogen-bond acceptors (Lipinski definition) is 5. The summed E-state index contributed by atoms with van der Waals surface area (Å²) in [6.07, 6.45) is -3.98. The number of hydrogen-bond donors (Lipinski definition) is 3. The lowest BCUT2D eigenvalue weighted by molar-refractivity contribution is -0.141. The number of carbonyl (C=O) groups excluding carboxylic acids is 2. The molecular formula is C23H26F3N5O4S. The molecule has 0 spiro atoms. The van der Waals surface area contributed by atoms with Crippen LogP contribution in [0.3, 0.4) is 0 Å². The van der Waals surface area contributed by atoms with Crippen molar-refractivity contribution in [1.82, 2.24) is 9.78 Å². The van der Waals surface area contributed by atoms with Crippen LogP contribution >= 0.6 is 0 Å². The highest BCUT2D eigenvalue weighted by atomic mass is 32.2. The molecule has 1 unspecified atom stereocenters. The van der Waals surface area contributed by atoms with Crippen molar-refractivity contribution in [3.8, 4) is 16.9 Å². The minimum atomic E-state index is -4.61. The van der Waals surface area contributed by atoms with Gasteiger partial charge >= 0.3 is 6.18 Å². The largest absolute Gasteiger partial charge is 0.435 e. The third-order valence-corrected chi connectivity index (χ3v) is 6.03. The summed E-state index contributed by atoms with van der Waals surface area (Å²) < 4.78 is 63.2. The van der Waals surface area contributed by atoms with Gasteiger partial charge in [0.1, 0.15) is 0 Å². The van der Waals surface area contributed by atoms with E-state index in [1.165, 1.54) is 24.3 Å². The number of primary amides is 2. The fourth-order valence-corrected chi connectivity index (χ4v) is 3.63. The average Bonchev–Trinajstić information content (AvgIpc) is 3.24. The number of nitrogens with two attached hydrogens (primary N) is 3. The van der Waals surface area contributed by atoms with E-state index in [0.29, 0.717) is 12.0 Å². The van der Waals surface area contributed by atoms with Gasteiger partial charge in [-0.3, -0.25) is 9.59 Å². The van der Waals surface area contributed by atoms with Gasteiger partial charge < -0.3 is 11.5 Å². The van der Waals surface area contributed by atoms with Gasteiger partial charge in [-0.25, -0.2) is 18.2 Å². The number of aromatic nitrogens is 2. The van der Waals surface area contributed by atoms with Crippen molar-refractivity contribution >= 4 is 21.8 Å². The van der Waals surface area contributed by atoms with E-state index in [-0.39, 0.29) is 22.7 Å². The molecule has 1 heterocycles. The number of halogens is 3. The van der Waals surface area contributed by atoms with Gasteiger partial charge in [0.05, 0.1) is 16.3 Å². The molecule has 0 saturated heterocycles. The number of primary sulfonamides is 1. The van der Waals surface area contributed by atoms with E-state index < -0.39 is 39.6 Å². The van der Waals surface area contributed by atoms with Crippen molar-refractivity contribution in [3.63, 3.8) is 0 Å². The predicted molar refractivity (Wildman–Crippen MR) is 127 cm³/mol. The Hall–Kier alpha value is -3.71. The quantitative estimate of drug-likeness (QED) is 0.431. The Morgan fingerprint density at radius 2 is 1.58 bits per heavy atom. The standard InChI is InChI=1S/C17H14F3N3O2S.C6H12N2O2/c1-11-2-4-12(5-3-11)15-10-16(17(18,19)20)22-23(15)13-6-8-14(9-7-13)26(21,24)25;1-2-4(6(8)10)3-5(7)9/h2-10H,1H3,(H2,21,24,25);4H,2-3H2,1H3,(H2,7,9)(H2,8,10). The van der Waals surface area contributed by atoms with E-state index in [2.05, 4.69) is 5.10 Å². The van der Waals surface area contributed by atoms with Crippen LogP contribution in [0.1, 0.15) is 31.0 Å². The number of alkyl halides is 3. The molecule has 0 fully saturated rings. The maximum Gasteiger partial charge on any atom is 0.435 e. The van der Waals surface area contributed by atoms with Crippen molar-refractivity contribution in [3.05, 3.63) is 65.9 Å². The third-order valence-electron chi connectivity index (χ3n) is 5.10. The smallest absolute Gasteiger partial charge is 0.370 e. The Labute approximate surface area is 206 Å². The zero-order chi connectivity index (χ0) is 27.3. The predicted octanol–water partition coefficient (Wildman–Crippen LogP) is 2.89. The highest BCUT2D eigenvalue weighted by molar-refractivity contribution is 7.89. The SMILES string of the molecule is CCC(CC(N)=O)C(N)=O.Cc1ccc(-c2cc(C(F)(F)F)nn2-c2ccc(S(N)(=O)=O)cc2)cc1. The normalized spacial score (nSPS) is 12.4. The minimum absolute atomic E-state index is 0.0613. The van der Waals surface area contributed by atoms with Crippen LogP contribution in [0.5, 0.6) is 0 Å². The number of aryl methyl sites for hydroxylation is 1. The van der Waals surface area contributed by atoms with Gasteiger partial charge in [-0.1, -0.05) is 36.8 Å². The monoisotopic (exact) mass is 525 g/mol. The second-order valence-corrected chi connectivity index (χ2v) is 9.47. The Bertz CT molecular complexity index is 1320. The second-order valence-electron chi connectivity index (χ2n) is 7.91. The summed E-state index contributed by atoms with van der Waals surface area (Å²) in [6, 6.07) is 13.1. The Kier molecular flexibility index (Phi) is 8.99. The van der Waals surface area contributed by atoms with Crippen LogP contribution in [0.15, 0.2) is 59.5 Å². The fraction of sp³-hybridized carbons (Fsp3) is 0.261. The molecule has 36 heavy (non-hydrogen) atoms. The maximum atomic E-state index is 13.1. The van der Waals surface area contributed by atoms with E-state index >= 15 is 0 Å². The molecule has 2 aromatic carbocycles. The molecular weight excluding hydrogens is 499 g/mol. The Morgan fingerprint density at radius 1 is 1.03 bits per heavy atom. The summed E-state index contributed by atoms with van der Waals surface area (Å²) in [6.45, 7) is 3.66. The zero-order valence-electron chi connectivity index (χ0n) is 19.5. The van der Waals surface area contributed by atoms with Crippen LogP contribution < -0.4 is 16.6 Å². The van der Waals surface area contributed by atoms with E-state index in [4.69, 9.17) is 16.6 Å². The Balaban J connectivity index is 0.000000388. The molecule has 3 rings (SSSR count). The lowest BCUT2D eigenvalue weighted by atomic mass is 10.0. The van der Waals surface area contributed by atoms with E-state index in [1.807, 2.05) is 6.92 Å². The molecule has 13 heteroatoms. The van der Waals surface area contributed by atoms with E-state index in [1.54, 1.807) is 31.2 Å². The van der Waals surface area contributed by atoms with Crippen LogP contribution in [-0.4, -0.2) is 30.0 Å². The van der Waals surface area contributed by atoms with Crippen LogP contribution in [0.2, 0.25) is 0 Å². The van der Waals surface area contributed by atoms with Crippen LogP contribution in [0.25, 0.3) is 16.9 Å². The number of rotatable bonds is 7. The molecule has 2 amide bonds. The molecule has 0 aliphatic heterocycles. The van der Waals surface area contributed by atoms with Crippen LogP contribution in [0.4, 0.5) is 13.2 Å². The van der Waals surface area contributed by atoms with Crippen molar-refractivity contribution in [2.75, 3.05) is 0 Å². The number of sulfonamides is 1. The first kappa shape index (κ1) is 28.5. The first-order valence-corrected chi connectivity index (χ1v) is 12.1. The molecule has 0 bridgehead atoms. The number of carbonyl (C=O) groups is 2. The van der Waals surface area contributed by atoms with Gasteiger partial charge in [0.15, 0.2) is 5.69 Å². The average molecular weight is 526 g/mol. The zero-order valence-corrected chi connectivity index (χ0v) is 20.3. The fourth-order valence-electron chi connectivity index (χ4n) is 3.11. The van der Waals surface area contributed by atoms with Gasteiger partial charge in [0, 0.05) is 17.9 Å². The molecule has 194 valence electrons. The van der Waals surface area contributed by atoms with Gasteiger partial charge in [-0.2, -0.15) is 18.3 Å². The molecule has 0 aliphatic carbocycles. The molecule has 0 radical (unpaired) electrons. The molecule has 1 atom stereocenters. The van der Waals surface area contributed by atoms with Crippen LogP contribution in [0, 0.1) is 12.8 Å².